The molecule has 4 heteroatoms. The summed E-state index contributed by atoms with van der Waals surface area (Å²) >= 11 is 0. The minimum absolute atomic E-state index is 1.21. The molecule has 0 radical (unpaired) electrons. The minimum atomic E-state index is -1.83. The number of primary amides is 1. The maximum atomic E-state index is 10.1. The zero-order valence-electron chi connectivity index (χ0n) is 8.98. The number of nitrogens with one attached hydrogen (secondary N) is 1. The maximum Gasteiger partial charge on any atom is 0.394 e. The molecule has 3 nitrogen and oxygen atoms in total. The number of carbonyl (C=O) groups is 1. The first-order valence-electron chi connectivity index (χ1n) is 5.09. The van der Waals surface area contributed by atoms with Crippen molar-refractivity contribution < 1.29 is 9.18 Å². The molecule has 1 amide bonds. The predicted octanol–water partition coefficient (Wildman–Crippen LogP) is 3.36. The number of aromatic nitrogens is 1. The van der Waals surface area contributed by atoms with E-state index in [1.54, 1.807) is 0 Å². The van der Waals surface area contributed by atoms with Crippen LogP contribution in [0.3, 0.4) is 0 Å². The number of halogens is 1. The fourth-order valence-electron chi connectivity index (χ4n) is 1.80. The molecule has 1 aromatic heterocycles. The minimum Gasteiger partial charge on any atom is -0.355 e. The van der Waals surface area contributed by atoms with Gasteiger partial charge in [-0.05, 0) is 12.1 Å². The molecule has 3 N–H and O–H groups in total. The van der Waals surface area contributed by atoms with Crippen molar-refractivity contribution in [1.29, 1.82) is 0 Å². The topological polar surface area (TPSA) is 58.9 Å². The number of hydrogen-bond acceptors (Lipinski definition) is 1. The first-order chi connectivity index (χ1) is 8.18. The van der Waals surface area contributed by atoms with Crippen LogP contribution in [0.4, 0.5) is 9.18 Å². The van der Waals surface area contributed by atoms with Crippen LogP contribution >= 0.6 is 0 Å². The van der Waals surface area contributed by atoms with Crippen LogP contribution in [0.5, 0.6) is 0 Å². The van der Waals surface area contributed by atoms with E-state index in [1.807, 2.05) is 0 Å². The van der Waals surface area contributed by atoms with Crippen molar-refractivity contribution in [2.75, 3.05) is 0 Å². The van der Waals surface area contributed by atoms with E-state index in [-0.39, 0.29) is 0 Å². The molecule has 0 aliphatic rings. The van der Waals surface area contributed by atoms with E-state index < -0.39 is 6.16 Å². The Balaban J connectivity index is 0.000000239. The molecule has 0 spiro atoms. The second-order valence-electron chi connectivity index (χ2n) is 3.52. The van der Waals surface area contributed by atoms with Crippen molar-refractivity contribution >= 4 is 28.0 Å². The third-order valence-electron chi connectivity index (χ3n) is 2.41. The van der Waals surface area contributed by atoms with E-state index in [2.05, 4.69) is 59.2 Å². The number of fused-ring (bicyclic) bond motifs is 3. The molecule has 17 heavy (non-hydrogen) atoms. The van der Waals surface area contributed by atoms with Gasteiger partial charge in [-0.15, -0.1) is 4.39 Å². The van der Waals surface area contributed by atoms with E-state index in [0.29, 0.717) is 0 Å². The normalized spacial score (nSPS) is 9.94. The van der Waals surface area contributed by atoms with Gasteiger partial charge in [0.15, 0.2) is 0 Å². The largest absolute Gasteiger partial charge is 0.394 e. The molecule has 2 aromatic carbocycles. The molecular weight excluding hydrogens is 219 g/mol. The smallest absolute Gasteiger partial charge is 0.355 e. The first kappa shape index (κ1) is 11.1. The lowest BCUT2D eigenvalue weighted by molar-refractivity contribution is 0.231. The lowest BCUT2D eigenvalue weighted by Gasteiger charge is -1.87. The molecule has 3 rings (SSSR count). The summed E-state index contributed by atoms with van der Waals surface area (Å²) in [6.07, 6.45) is -1.83. The highest BCUT2D eigenvalue weighted by Crippen LogP contribution is 2.24. The Morgan fingerprint density at radius 1 is 0.941 bits per heavy atom. The van der Waals surface area contributed by atoms with Crippen LogP contribution in [0.15, 0.2) is 48.5 Å². The van der Waals surface area contributed by atoms with Gasteiger partial charge >= 0.3 is 6.16 Å². The molecule has 0 aliphatic carbocycles. The van der Waals surface area contributed by atoms with Crippen LogP contribution in [-0.4, -0.2) is 11.1 Å². The fourth-order valence-corrected chi connectivity index (χ4v) is 1.80. The Morgan fingerprint density at radius 2 is 1.29 bits per heavy atom. The van der Waals surface area contributed by atoms with Crippen molar-refractivity contribution in [3.8, 4) is 0 Å². The van der Waals surface area contributed by atoms with Gasteiger partial charge in [-0.1, -0.05) is 36.4 Å². The lowest BCUT2D eigenvalue weighted by Crippen LogP contribution is -1.96. The summed E-state index contributed by atoms with van der Waals surface area (Å²) in [5, 5.41) is 2.61. The predicted molar refractivity (Wildman–Crippen MR) is 66.5 cm³/mol. The Morgan fingerprint density at radius 3 is 1.71 bits per heavy atom. The molecule has 0 saturated heterocycles. The first-order valence-corrected chi connectivity index (χ1v) is 5.09. The van der Waals surface area contributed by atoms with E-state index in [4.69, 9.17) is 4.79 Å². The molecule has 0 unspecified atom stereocenters. The van der Waals surface area contributed by atoms with E-state index >= 15 is 0 Å². The molecule has 3 aromatic rings. The summed E-state index contributed by atoms with van der Waals surface area (Å²) in [6.45, 7) is 0. The average Bonchev–Trinajstić information content (AvgIpc) is 2.66. The summed E-state index contributed by atoms with van der Waals surface area (Å²) in [4.78, 5) is 11.9. The second-order valence-corrected chi connectivity index (χ2v) is 3.52. The van der Waals surface area contributed by atoms with Crippen molar-refractivity contribution in [3.05, 3.63) is 48.5 Å². The van der Waals surface area contributed by atoms with Gasteiger partial charge in [0.1, 0.15) is 0 Å². The van der Waals surface area contributed by atoms with Crippen LogP contribution in [0.25, 0.3) is 21.8 Å². The van der Waals surface area contributed by atoms with Gasteiger partial charge in [0, 0.05) is 21.8 Å². The number of carbonyl (C=O) groups excluding carboxylic acids is 1. The highest BCUT2D eigenvalue weighted by atomic mass is 19.1. The van der Waals surface area contributed by atoms with E-state index in [1.165, 1.54) is 21.8 Å². The zero-order valence-corrected chi connectivity index (χ0v) is 8.98. The van der Waals surface area contributed by atoms with Crippen LogP contribution in [0, 0.1) is 0 Å². The highest BCUT2D eigenvalue weighted by molar-refractivity contribution is 6.06. The molecule has 0 atom stereocenters. The van der Waals surface area contributed by atoms with E-state index in [9.17, 15) is 4.39 Å². The molecular formula is C13H11FN2O. The highest BCUT2D eigenvalue weighted by Gasteiger charge is 2.00. The van der Waals surface area contributed by atoms with Gasteiger partial charge in [-0.25, -0.2) is 4.79 Å². The Bertz CT molecular complexity index is 606. The number of benzene rings is 2. The van der Waals surface area contributed by atoms with Crippen LogP contribution in [-0.2, 0) is 0 Å². The summed E-state index contributed by atoms with van der Waals surface area (Å²) in [6, 6.07) is 16.8. The van der Waals surface area contributed by atoms with Crippen LogP contribution in [0.1, 0.15) is 0 Å². The standard InChI is InChI=1S/C12H9N.CH2FNO/c1-3-7-11-9(5-1)10-6-2-4-8-12(10)13-11;2-1(3)4/h1-8,13H;(H2,3,4). The monoisotopic (exact) mass is 230 g/mol. The van der Waals surface area contributed by atoms with Crippen molar-refractivity contribution in [2.45, 2.75) is 0 Å². The summed E-state index contributed by atoms with van der Waals surface area (Å²) < 4.78 is 10.1. The molecule has 1 heterocycles. The van der Waals surface area contributed by atoms with Crippen LogP contribution < -0.4 is 5.73 Å². The quantitative estimate of drug-likeness (QED) is 0.451. The Kier molecular flexibility index (Phi) is 3.05. The zero-order chi connectivity index (χ0) is 12.3. The van der Waals surface area contributed by atoms with Gasteiger partial charge in [0.2, 0.25) is 0 Å². The number of hydrogen-bond donors (Lipinski definition) is 2. The molecule has 0 bridgehead atoms. The molecule has 0 aliphatic heterocycles. The van der Waals surface area contributed by atoms with Gasteiger partial charge in [-0.3, -0.25) is 0 Å². The number of para-hydroxylation sites is 2. The third kappa shape index (κ3) is 2.42. The number of rotatable bonds is 0. The molecule has 0 fully saturated rings. The van der Waals surface area contributed by atoms with Gasteiger partial charge in [-0.2, -0.15) is 0 Å². The average molecular weight is 230 g/mol. The van der Waals surface area contributed by atoms with E-state index in [0.717, 1.165) is 0 Å². The lowest BCUT2D eigenvalue weighted by atomic mass is 10.2. The van der Waals surface area contributed by atoms with Gasteiger partial charge < -0.3 is 10.7 Å². The third-order valence-corrected chi connectivity index (χ3v) is 2.41. The summed E-state index contributed by atoms with van der Waals surface area (Å²) in [7, 11) is 0. The second kappa shape index (κ2) is 4.65. The number of aromatic amines is 1. The SMILES string of the molecule is NC(=O)F.c1ccc2c(c1)[nH]c1ccccc12. The maximum absolute atomic E-state index is 10.1. The Hall–Kier alpha value is -2.36. The van der Waals surface area contributed by atoms with Gasteiger partial charge in [0.05, 0.1) is 0 Å². The number of amides is 1. The Labute approximate surface area is 97.0 Å². The van der Waals surface area contributed by atoms with Gasteiger partial charge in [0.25, 0.3) is 0 Å². The van der Waals surface area contributed by atoms with Crippen molar-refractivity contribution in [3.63, 3.8) is 0 Å². The van der Waals surface area contributed by atoms with Crippen LogP contribution in [0.2, 0.25) is 0 Å². The number of H-pyrrole nitrogens is 1. The van der Waals surface area contributed by atoms with Crippen molar-refractivity contribution in [1.82, 2.24) is 4.98 Å². The summed E-state index contributed by atoms with van der Waals surface area (Å²) in [5.74, 6) is 0. The van der Waals surface area contributed by atoms with Crippen molar-refractivity contribution in [2.24, 2.45) is 5.73 Å². The molecule has 86 valence electrons. The summed E-state index contributed by atoms with van der Waals surface area (Å²) in [5.41, 5.74) is 6.23. The molecule has 0 saturated carbocycles. The number of nitrogens with two attached hydrogens (primary N) is 1. The fraction of sp³-hybridized carbons (Fsp3) is 0.